The molecule has 0 saturated heterocycles. The van der Waals surface area contributed by atoms with Crippen LogP contribution in [0.25, 0.3) is 0 Å². The van der Waals surface area contributed by atoms with Crippen LogP contribution in [0, 0.1) is 0 Å². The Kier molecular flexibility index (Phi) is 32.1. The minimum atomic E-state index is -1.14. The molecule has 0 N–H and O–H groups in total. The van der Waals surface area contributed by atoms with Crippen molar-refractivity contribution in [3.8, 4) is 0 Å². The van der Waals surface area contributed by atoms with Gasteiger partial charge in [0.2, 0.25) is 0 Å². The van der Waals surface area contributed by atoms with Crippen LogP contribution in [0.1, 0.15) is 142 Å². The topological polar surface area (TPSA) is 102 Å². The summed E-state index contributed by atoms with van der Waals surface area (Å²) in [5, 5.41) is 11.6. The maximum Gasteiger partial charge on any atom is 0.306 e. The van der Waals surface area contributed by atoms with Gasteiger partial charge in [0.05, 0.1) is 40.3 Å². The van der Waals surface area contributed by atoms with Crippen molar-refractivity contribution in [3.63, 3.8) is 0 Å². The number of unbranched alkanes of at least 4 members (excludes halogenated alkanes) is 12. The summed E-state index contributed by atoms with van der Waals surface area (Å²) >= 11 is 0. The van der Waals surface area contributed by atoms with Crippen LogP contribution in [0.3, 0.4) is 0 Å². The third-order valence-corrected chi connectivity index (χ3v) is 8.45. The molecule has 0 rings (SSSR count). The Balaban J connectivity index is 4.41. The van der Waals surface area contributed by atoms with Crippen LogP contribution >= 0.6 is 0 Å². The third kappa shape index (κ3) is 32.7. The second-order valence-electron chi connectivity index (χ2n) is 14.2. The van der Waals surface area contributed by atoms with Crippen LogP contribution in [0.2, 0.25) is 0 Å². The molecule has 0 aromatic carbocycles. The highest BCUT2D eigenvalue weighted by Gasteiger charge is 2.25. The smallest absolute Gasteiger partial charge is 0.306 e. The van der Waals surface area contributed by atoms with Gasteiger partial charge in [0, 0.05) is 19.3 Å². The normalized spacial score (nSPS) is 13.7. The van der Waals surface area contributed by atoms with Crippen molar-refractivity contribution in [2.75, 3.05) is 41.0 Å². The molecular formula is C43H73NO7. The Hall–Kier alpha value is -2.97. The Morgan fingerprint density at radius 2 is 1.18 bits per heavy atom. The Morgan fingerprint density at radius 1 is 0.627 bits per heavy atom. The van der Waals surface area contributed by atoms with E-state index >= 15 is 0 Å². The lowest BCUT2D eigenvalue weighted by Crippen LogP contribution is -2.55. The standard InChI is InChI=1S/C43H73NO7/c1-6-8-10-12-14-16-17-18-19-20-21-22-23-24-26-27-29-31-33-41(45)50-38-39(37-49-36-35-40(43(47)48)44(3,4)5)51-42(46)34-32-30-28-25-15-13-11-9-7-2/h9,11,15,17-22,25,39-40H,6-8,10,12-14,16,23-24,26-38H2,1-5H3/b11-9+,18-17+,20-19+,22-21+,25-15+. The molecule has 292 valence electrons. The van der Waals surface area contributed by atoms with Gasteiger partial charge in [-0.2, -0.15) is 0 Å². The minimum Gasteiger partial charge on any atom is -0.544 e. The minimum absolute atomic E-state index is 0.0179. The summed E-state index contributed by atoms with van der Waals surface area (Å²) < 4.78 is 17.0. The van der Waals surface area contributed by atoms with Crippen LogP contribution in [0.5, 0.6) is 0 Å². The van der Waals surface area contributed by atoms with Crippen molar-refractivity contribution >= 4 is 17.9 Å². The number of rotatable bonds is 34. The molecule has 0 bridgehead atoms. The molecule has 0 aromatic rings. The highest BCUT2D eigenvalue weighted by molar-refractivity contribution is 5.70. The SMILES string of the molecule is CC/C=C/C/C=C/CCCCC(=O)OC(COCCC(C(=O)[O-])[N+](C)(C)C)COC(=O)CCCCCCC/C=C/C=C/C=C/CCCCCCC. The maximum atomic E-state index is 12.6. The summed E-state index contributed by atoms with van der Waals surface area (Å²) in [6, 6.07) is -0.735. The molecule has 0 aromatic heterocycles. The van der Waals surface area contributed by atoms with E-state index in [9.17, 15) is 19.5 Å². The van der Waals surface area contributed by atoms with Crippen molar-refractivity contribution in [2.24, 2.45) is 0 Å². The molecule has 0 aliphatic carbocycles. The van der Waals surface area contributed by atoms with Crippen molar-refractivity contribution < 1.29 is 38.2 Å². The highest BCUT2D eigenvalue weighted by atomic mass is 16.6. The fraction of sp³-hybridized carbons (Fsp3) is 0.698. The van der Waals surface area contributed by atoms with Crippen molar-refractivity contribution in [1.82, 2.24) is 0 Å². The number of allylic oxidation sites excluding steroid dienone is 10. The molecule has 0 radical (unpaired) electrons. The van der Waals surface area contributed by atoms with Crippen molar-refractivity contribution in [2.45, 2.75) is 154 Å². The van der Waals surface area contributed by atoms with E-state index in [0.29, 0.717) is 12.8 Å². The van der Waals surface area contributed by atoms with E-state index in [1.54, 1.807) is 21.1 Å². The number of esters is 2. The first kappa shape index (κ1) is 48.0. The van der Waals surface area contributed by atoms with Crippen LogP contribution < -0.4 is 5.11 Å². The summed E-state index contributed by atoms with van der Waals surface area (Å²) in [6.07, 6.45) is 39.7. The number of nitrogens with zero attached hydrogens (tertiary/aromatic N) is 1. The zero-order chi connectivity index (χ0) is 37.8. The molecule has 2 unspecified atom stereocenters. The first-order valence-electron chi connectivity index (χ1n) is 19.8. The van der Waals surface area contributed by atoms with Crippen molar-refractivity contribution in [3.05, 3.63) is 60.8 Å². The maximum absolute atomic E-state index is 12.6. The molecule has 0 fully saturated rings. The van der Waals surface area contributed by atoms with Crippen LogP contribution in [0.4, 0.5) is 0 Å². The lowest BCUT2D eigenvalue weighted by atomic mass is 10.1. The molecule has 0 spiro atoms. The number of aliphatic carboxylic acids is 1. The average molecular weight is 716 g/mol. The lowest BCUT2D eigenvalue weighted by Gasteiger charge is -2.34. The molecule has 2 atom stereocenters. The Morgan fingerprint density at radius 3 is 1.80 bits per heavy atom. The third-order valence-electron chi connectivity index (χ3n) is 8.45. The number of carbonyl (C=O) groups excluding carboxylic acids is 3. The molecule has 0 saturated carbocycles. The van der Waals surface area contributed by atoms with Gasteiger partial charge in [0.15, 0.2) is 6.10 Å². The van der Waals surface area contributed by atoms with Gasteiger partial charge < -0.3 is 28.6 Å². The first-order valence-corrected chi connectivity index (χ1v) is 19.8. The molecule has 8 nitrogen and oxygen atoms in total. The fourth-order valence-corrected chi connectivity index (χ4v) is 5.34. The Bertz CT molecular complexity index is 1020. The summed E-state index contributed by atoms with van der Waals surface area (Å²) in [4.78, 5) is 36.6. The van der Waals surface area contributed by atoms with E-state index in [2.05, 4.69) is 74.6 Å². The van der Waals surface area contributed by atoms with E-state index in [-0.39, 0.29) is 49.1 Å². The number of carboxylic acids is 1. The van der Waals surface area contributed by atoms with Crippen molar-refractivity contribution in [1.29, 1.82) is 0 Å². The molecular weight excluding hydrogens is 642 g/mol. The molecule has 0 aliphatic rings. The monoisotopic (exact) mass is 716 g/mol. The van der Waals surface area contributed by atoms with E-state index in [1.807, 2.05) is 0 Å². The first-order chi connectivity index (χ1) is 24.6. The van der Waals surface area contributed by atoms with Gasteiger partial charge in [-0.05, 0) is 64.2 Å². The second kappa shape index (κ2) is 34.1. The quantitative estimate of drug-likeness (QED) is 0.0216. The number of likely N-dealkylation sites (N-methyl/N-ethyl adjacent to an activating group) is 1. The van der Waals surface area contributed by atoms with Crippen LogP contribution in [0.15, 0.2) is 60.8 Å². The van der Waals surface area contributed by atoms with E-state index in [1.165, 1.54) is 32.1 Å². The number of quaternary nitrogens is 1. The average Bonchev–Trinajstić information content (AvgIpc) is 3.08. The van der Waals surface area contributed by atoms with Gasteiger partial charge in [-0.15, -0.1) is 0 Å². The molecule has 0 heterocycles. The zero-order valence-electron chi connectivity index (χ0n) is 33.0. The van der Waals surface area contributed by atoms with E-state index < -0.39 is 18.1 Å². The molecule has 0 aliphatic heterocycles. The summed E-state index contributed by atoms with van der Waals surface area (Å²) in [7, 11) is 5.37. The predicted molar refractivity (Wildman–Crippen MR) is 208 cm³/mol. The van der Waals surface area contributed by atoms with Gasteiger partial charge in [-0.3, -0.25) is 9.59 Å². The van der Waals surface area contributed by atoms with Gasteiger partial charge >= 0.3 is 11.9 Å². The number of hydrogen-bond donors (Lipinski definition) is 0. The second-order valence-corrected chi connectivity index (χ2v) is 14.2. The van der Waals surface area contributed by atoms with Crippen LogP contribution in [-0.4, -0.2) is 75.5 Å². The van der Waals surface area contributed by atoms with E-state index in [0.717, 1.165) is 70.6 Å². The number of ether oxygens (including phenoxy) is 3. The molecule has 0 amide bonds. The van der Waals surface area contributed by atoms with Gasteiger partial charge in [0.25, 0.3) is 0 Å². The molecule has 51 heavy (non-hydrogen) atoms. The number of hydrogen-bond acceptors (Lipinski definition) is 7. The van der Waals surface area contributed by atoms with Gasteiger partial charge in [0.1, 0.15) is 12.6 Å². The number of carboxylic acid groups (broad SMARTS) is 1. The predicted octanol–water partition coefficient (Wildman–Crippen LogP) is 8.91. The summed E-state index contributed by atoms with van der Waals surface area (Å²) in [5.41, 5.74) is 0. The zero-order valence-corrected chi connectivity index (χ0v) is 33.0. The number of carbonyl (C=O) groups is 3. The summed E-state index contributed by atoms with van der Waals surface area (Å²) in [5.74, 6) is -1.82. The molecule has 8 heteroatoms. The Labute approximate surface area is 311 Å². The summed E-state index contributed by atoms with van der Waals surface area (Å²) in [6.45, 7) is 4.43. The lowest BCUT2D eigenvalue weighted by molar-refractivity contribution is -0.889. The van der Waals surface area contributed by atoms with Gasteiger partial charge in [-0.1, -0.05) is 120 Å². The van der Waals surface area contributed by atoms with Crippen LogP contribution in [-0.2, 0) is 28.6 Å². The highest BCUT2D eigenvalue weighted by Crippen LogP contribution is 2.11. The van der Waals surface area contributed by atoms with E-state index in [4.69, 9.17) is 14.2 Å². The van der Waals surface area contributed by atoms with Gasteiger partial charge in [-0.25, -0.2) is 0 Å². The fourth-order valence-electron chi connectivity index (χ4n) is 5.34. The largest absolute Gasteiger partial charge is 0.544 e.